The molecule has 0 aliphatic rings. The Bertz CT molecular complexity index is 377. The third-order valence-corrected chi connectivity index (χ3v) is 2.46. The molecule has 1 amide bonds. The molecule has 4 nitrogen and oxygen atoms in total. The van der Waals surface area contributed by atoms with Crippen molar-refractivity contribution in [2.45, 2.75) is 26.4 Å². The van der Waals surface area contributed by atoms with E-state index in [-0.39, 0.29) is 0 Å². The Morgan fingerprint density at radius 2 is 2.25 bits per heavy atom. The Hall–Kier alpha value is -1.55. The molecule has 88 valence electrons. The SMILES string of the molecule is CC[C@@H](O)c1ccc(C)c(NC(=O)OC)c1. The number of benzene rings is 1. The molecule has 0 radical (unpaired) electrons. The summed E-state index contributed by atoms with van der Waals surface area (Å²) < 4.78 is 4.52. The fourth-order valence-electron chi connectivity index (χ4n) is 1.38. The van der Waals surface area contributed by atoms with Crippen molar-refractivity contribution in [2.75, 3.05) is 12.4 Å². The first-order chi connectivity index (χ1) is 7.58. The van der Waals surface area contributed by atoms with Gasteiger partial charge in [0.1, 0.15) is 0 Å². The van der Waals surface area contributed by atoms with Crippen LogP contribution in [0, 0.1) is 6.92 Å². The van der Waals surface area contributed by atoms with Gasteiger partial charge in [0.05, 0.1) is 13.2 Å². The molecular weight excluding hydrogens is 206 g/mol. The summed E-state index contributed by atoms with van der Waals surface area (Å²) in [6, 6.07) is 5.48. The van der Waals surface area contributed by atoms with Crippen LogP contribution in [0.2, 0.25) is 0 Å². The van der Waals surface area contributed by atoms with Gasteiger partial charge in [-0.2, -0.15) is 0 Å². The van der Waals surface area contributed by atoms with Crippen molar-refractivity contribution < 1.29 is 14.6 Å². The van der Waals surface area contributed by atoms with Gasteiger partial charge in [0, 0.05) is 5.69 Å². The molecule has 0 fully saturated rings. The van der Waals surface area contributed by atoms with E-state index >= 15 is 0 Å². The highest BCUT2D eigenvalue weighted by molar-refractivity contribution is 5.85. The molecule has 0 heterocycles. The standard InChI is InChI=1S/C12H17NO3/c1-4-11(14)9-6-5-8(2)10(7-9)13-12(15)16-3/h5-7,11,14H,4H2,1-3H3,(H,13,15)/t11-/m1/s1. The second kappa shape index (κ2) is 5.51. The van der Waals surface area contributed by atoms with Crippen LogP contribution in [0.1, 0.15) is 30.6 Å². The molecular formula is C12H17NO3. The van der Waals surface area contributed by atoms with E-state index in [0.717, 1.165) is 11.1 Å². The van der Waals surface area contributed by atoms with Crippen molar-refractivity contribution in [2.24, 2.45) is 0 Å². The molecule has 0 spiro atoms. The van der Waals surface area contributed by atoms with Crippen molar-refractivity contribution >= 4 is 11.8 Å². The average Bonchev–Trinajstić information content (AvgIpc) is 2.30. The summed E-state index contributed by atoms with van der Waals surface area (Å²) in [7, 11) is 1.31. The van der Waals surface area contributed by atoms with Gasteiger partial charge in [-0.1, -0.05) is 19.1 Å². The fraction of sp³-hybridized carbons (Fsp3) is 0.417. The van der Waals surface area contributed by atoms with Crippen molar-refractivity contribution in [3.8, 4) is 0 Å². The Labute approximate surface area is 95.2 Å². The van der Waals surface area contributed by atoms with E-state index in [1.54, 1.807) is 6.07 Å². The van der Waals surface area contributed by atoms with Gasteiger partial charge in [0.2, 0.25) is 0 Å². The molecule has 0 bridgehead atoms. The summed E-state index contributed by atoms with van der Waals surface area (Å²) in [5.74, 6) is 0. The number of aryl methyl sites for hydroxylation is 1. The van der Waals surface area contributed by atoms with E-state index in [0.29, 0.717) is 12.1 Å². The number of nitrogens with one attached hydrogen (secondary N) is 1. The molecule has 1 aromatic rings. The maximum Gasteiger partial charge on any atom is 0.411 e. The van der Waals surface area contributed by atoms with E-state index < -0.39 is 12.2 Å². The zero-order valence-corrected chi connectivity index (χ0v) is 9.78. The van der Waals surface area contributed by atoms with E-state index in [9.17, 15) is 9.90 Å². The van der Waals surface area contributed by atoms with E-state index in [1.165, 1.54) is 7.11 Å². The summed E-state index contributed by atoms with van der Waals surface area (Å²) >= 11 is 0. The van der Waals surface area contributed by atoms with Gasteiger partial charge in [0.15, 0.2) is 0 Å². The predicted octanol–water partition coefficient (Wildman–Crippen LogP) is 2.62. The number of aliphatic hydroxyl groups is 1. The lowest BCUT2D eigenvalue weighted by Gasteiger charge is -2.12. The summed E-state index contributed by atoms with van der Waals surface area (Å²) in [6.07, 6.45) is -0.370. The summed E-state index contributed by atoms with van der Waals surface area (Å²) in [6.45, 7) is 3.78. The van der Waals surface area contributed by atoms with Gasteiger partial charge in [-0.3, -0.25) is 5.32 Å². The normalized spacial score (nSPS) is 12.0. The first-order valence-corrected chi connectivity index (χ1v) is 5.22. The van der Waals surface area contributed by atoms with Crippen LogP contribution in [0.3, 0.4) is 0 Å². The molecule has 0 unspecified atom stereocenters. The molecule has 16 heavy (non-hydrogen) atoms. The Morgan fingerprint density at radius 1 is 1.56 bits per heavy atom. The lowest BCUT2D eigenvalue weighted by atomic mass is 10.0. The summed E-state index contributed by atoms with van der Waals surface area (Å²) in [4.78, 5) is 11.1. The van der Waals surface area contributed by atoms with Crippen LogP contribution in [-0.2, 0) is 4.74 Å². The summed E-state index contributed by atoms with van der Waals surface area (Å²) in [5, 5.41) is 12.3. The number of carbonyl (C=O) groups is 1. The highest BCUT2D eigenvalue weighted by Gasteiger charge is 2.09. The molecule has 0 aliphatic carbocycles. The zero-order valence-electron chi connectivity index (χ0n) is 9.78. The smallest absolute Gasteiger partial charge is 0.411 e. The molecule has 0 saturated carbocycles. The maximum absolute atomic E-state index is 11.1. The minimum atomic E-state index is -0.508. The second-order valence-electron chi connectivity index (χ2n) is 3.61. The highest BCUT2D eigenvalue weighted by atomic mass is 16.5. The minimum Gasteiger partial charge on any atom is -0.453 e. The van der Waals surface area contributed by atoms with Gasteiger partial charge in [-0.05, 0) is 30.5 Å². The third kappa shape index (κ3) is 2.97. The van der Waals surface area contributed by atoms with Gasteiger partial charge in [0.25, 0.3) is 0 Å². The first-order valence-electron chi connectivity index (χ1n) is 5.22. The molecule has 1 aromatic carbocycles. The van der Waals surface area contributed by atoms with Crippen LogP contribution >= 0.6 is 0 Å². The number of methoxy groups -OCH3 is 1. The van der Waals surface area contributed by atoms with Gasteiger partial charge >= 0.3 is 6.09 Å². The maximum atomic E-state index is 11.1. The quantitative estimate of drug-likeness (QED) is 0.828. The monoisotopic (exact) mass is 223 g/mol. The van der Waals surface area contributed by atoms with E-state index in [4.69, 9.17) is 0 Å². The largest absolute Gasteiger partial charge is 0.453 e. The fourth-order valence-corrected chi connectivity index (χ4v) is 1.38. The summed E-state index contributed by atoms with van der Waals surface area (Å²) in [5.41, 5.74) is 2.38. The van der Waals surface area contributed by atoms with Crippen LogP contribution in [0.15, 0.2) is 18.2 Å². The van der Waals surface area contributed by atoms with Gasteiger partial charge in [-0.15, -0.1) is 0 Å². The molecule has 0 aromatic heterocycles. The Kier molecular flexibility index (Phi) is 4.31. The lowest BCUT2D eigenvalue weighted by molar-refractivity contribution is 0.173. The Morgan fingerprint density at radius 3 is 2.81 bits per heavy atom. The minimum absolute atomic E-state index is 0.501. The van der Waals surface area contributed by atoms with Gasteiger partial charge in [-0.25, -0.2) is 4.79 Å². The molecule has 4 heteroatoms. The topological polar surface area (TPSA) is 58.6 Å². The number of aliphatic hydroxyl groups excluding tert-OH is 1. The first kappa shape index (κ1) is 12.5. The molecule has 1 rings (SSSR count). The van der Waals surface area contributed by atoms with Crippen LogP contribution in [0.25, 0.3) is 0 Å². The van der Waals surface area contributed by atoms with Crippen LogP contribution < -0.4 is 5.32 Å². The van der Waals surface area contributed by atoms with Crippen LogP contribution in [0.4, 0.5) is 10.5 Å². The van der Waals surface area contributed by atoms with Crippen molar-refractivity contribution in [3.63, 3.8) is 0 Å². The average molecular weight is 223 g/mol. The van der Waals surface area contributed by atoms with E-state index in [2.05, 4.69) is 10.1 Å². The second-order valence-corrected chi connectivity index (χ2v) is 3.61. The number of rotatable bonds is 3. The lowest BCUT2D eigenvalue weighted by Crippen LogP contribution is -2.12. The number of carbonyl (C=O) groups excluding carboxylic acids is 1. The molecule has 0 saturated heterocycles. The van der Waals surface area contributed by atoms with Gasteiger partial charge < -0.3 is 9.84 Å². The van der Waals surface area contributed by atoms with Crippen LogP contribution in [0.5, 0.6) is 0 Å². The molecule has 1 atom stereocenters. The number of amides is 1. The number of hydrogen-bond acceptors (Lipinski definition) is 3. The van der Waals surface area contributed by atoms with Crippen LogP contribution in [-0.4, -0.2) is 18.3 Å². The highest BCUT2D eigenvalue weighted by Crippen LogP contribution is 2.23. The number of anilines is 1. The van der Waals surface area contributed by atoms with Crippen molar-refractivity contribution in [1.29, 1.82) is 0 Å². The number of ether oxygens (including phenoxy) is 1. The molecule has 0 aliphatic heterocycles. The van der Waals surface area contributed by atoms with Crippen molar-refractivity contribution in [3.05, 3.63) is 29.3 Å². The third-order valence-electron chi connectivity index (χ3n) is 2.46. The van der Waals surface area contributed by atoms with E-state index in [1.807, 2.05) is 26.0 Å². The zero-order chi connectivity index (χ0) is 12.1. The van der Waals surface area contributed by atoms with Crippen molar-refractivity contribution in [1.82, 2.24) is 0 Å². The predicted molar refractivity (Wildman–Crippen MR) is 62.5 cm³/mol. The molecule has 2 N–H and O–H groups in total. The number of hydrogen-bond donors (Lipinski definition) is 2. The Balaban J connectivity index is 2.94.